The molecule has 370 valence electrons. The molecule has 0 radical (unpaired) electrons. The molecule has 0 aliphatic carbocycles. The summed E-state index contributed by atoms with van der Waals surface area (Å²) in [5.74, 6) is -2.40. The van der Waals surface area contributed by atoms with Gasteiger partial charge in [0.25, 0.3) is 0 Å². The van der Waals surface area contributed by atoms with E-state index in [-0.39, 0.29) is 35.9 Å². The second kappa shape index (κ2) is 20.5. The average Bonchev–Trinajstić information content (AvgIpc) is 3.69. The molecule has 1 unspecified atom stereocenters. The summed E-state index contributed by atoms with van der Waals surface area (Å²) in [5.41, 5.74) is 5.14. The highest BCUT2D eigenvalue weighted by molar-refractivity contribution is 9.10. The van der Waals surface area contributed by atoms with Crippen molar-refractivity contribution in [3.05, 3.63) is 92.1 Å². The summed E-state index contributed by atoms with van der Waals surface area (Å²) in [5, 5.41) is 10.6. The number of anilines is 5. The number of carbonyl (C=O) groups is 2. The minimum Gasteiger partial charge on any atom is -0.492 e. The molecule has 0 spiro atoms. The molecule has 3 aromatic carbocycles. The van der Waals surface area contributed by atoms with Crippen molar-refractivity contribution in [1.29, 1.82) is 0 Å². The summed E-state index contributed by atoms with van der Waals surface area (Å²) in [7, 11) is -2.77. The summed E-state index contributed by atoms with van der Waals surface area (Å²) < 4.78 is 57.5. The number of imide groups is 1. The fourth-order valence-corrected chi connectivity index (χ4v) is 11.9. The van der Waals surface area contributed by atoms with E-state index >= 15 is 8.78 Å². The third-order valence-corrected chi connectivity index (χ3v) is 15.9. The number of amides is 2. The molecule has 3 saturated heterocycles. The molecule has 0 bridgehead atoms. The first-order valence-electron chi connectivity index (χ1n) is 24.0. The molecule has 3 aliphatic rings. The van der Waals surface area contributed by atoms with Gasteiger partial charge in [0.05, 0.1) is 28.0 Å². The maximum atomic E-state index is 15.3. The highest BCUT2D eigenvalue weighted by atomic mass is 79.9. The Labute approximate surface area is 413 Å². The van der Waals surface area contributed by atoms with Crippen LogP contribution in [0.15, 0.2) is 62.3 Å². The molecule has 6 heterocycles. The number of aromatic nitrogens is 4. The second-order valence-corrected chi connectivity index (χ2v) is 22.5. The molecule has 9 rings (SSSR count). The zero-order valence-corrected chi connectivity index (χ0v) is 42.5. The number of nitrogens with one attached hydrogen (secondary N) is 3. The second-order valence-electron chi connectivity index (χ2n) is 18.5. The van der Waals surface area contributed by atoms with Crippen LogP contribution >= 0.6 is 23.1 Å². The van der Waals surface area contributed by atoms with Crippen molar-refractivity contribution in [1.82, 2.24) is 34.6 Å². The number of nitrogens with zero attached hydrogens (tertiary/aromatic N) is 7. The van der Waals surface area contributed by atoms with Crippen molar-refractivity contribution in [2.75, 3.05) is 81.3 Å². The quantitative estimate of drug-likeness (QED) is 0.0665. The Bertz CT molecular complexity index is 3090. The van der Waals surface area contributed by atoms with Gasteiger partial charge in [-0.05, 0) is 105 Å². The number of rotatable bonds is 15. The Balaban J connectivity index is 0.835. The SMILES string of the molecule is CCOc1cc(N2CCC(N3CCN(CCc4c(F)cc(F)c5c4oc(=O)n5C4CCC(=O)NC4=O)CC3)CC2)c(CC)cc1Nc1ncc(Br)c(Nc2ccc3nc(CC)ccc3c2P(C)(C)=O)n1. The van der Waals surface area contributed by atoms with E-state index in [1.165, 1.54) is 0 Å². The summed E-state index contributed by atoms with van der Waals surface area (Å²) in [4.78, 5) is 58.7. The highest BCUT2D eigenvalue weighted by Gasteiger charge is 2.34. The number of fused-ring (bicyclic) bond motifs is 2. The van der Waals surface area contributed by atoms with Crippen LogP contribution in [0.5, 0.6) is 5.75 Å². The van der Waals surface area contributed by atoms with Crippen LogP contribution in [0.3, 0.4) is 0 Å². The van der Waals surface area contributed by atoms with Gasteiger partial charge >= 0.3 is 5.76 Å². The monoisotopic (exact) mass is 1040 g/mol. The fourth-order valence-electron chi connectivity index (χ4n) is 10.2. The van der Waals surface area contributed by atoms with Crippen LogP contribution in [-0.2, 0) is 33.4 Å². The van der Waals surface area contributed by atoms with Crippen molar-refractivity contribution in [3.63, 3.8) is 0 Å². The maximum absolute atomic E-state index is 15.3. The largest absolute Gasteiger partial charge is 0.492 e. The van der Waals surface area contributed by atoms with Crippen LogP contribution in [0.2, 0.25) is 0 Å². The van der Waals surface area contributed by atoms with Gasteiger partial charge in [-0.25, -0.2) is 18.6 Å². The van der Waals surface area contributed by atoms with Gasteiger partial charge in [-0.2, -0.15) is 4.98 Å². The van der Waals surface area contributed by atoms with Gasteiger partial charge in [0, 0.05) is 104 Å². The van der Waals surface area contributed by atoms with Crippen LogP contribution in [0.4, 0.5) is 37.6 Å². The molecule has 3 N–H and O–H groups in total. The predicted octanol–water partition coefficient (Wildman–Crippen LogP) is 8.04. The molecule has 70 heavy (non-hydrogen) atoms. The lowest BCUT2D eigenvalue weighted by molar-refractivity contribution is -0.135. The van der Waals surface area contributed by atoms with Crippen LogP contribution in [0.25, 0.3) is 22.0 Å². The lowest BCUT2D eigenvalue weighted by Gasteiger charge is -2.43. The number of piperidine rings is 2. The summed E-state index contributed by atoms with van der Waals surface area (Å²) in [6.07, 6.45) is 5.44. The Morgan fingerprint density at radius 1 is 0.900 bits per heavy atom. The third-order valence-electron chi connectivity index (χ3n) is 13.7. The van der Waals surface area contributed by atoms with Crippen molar-refractivity contribution >= 4 is 91.0 Å². The van der Waals surface area contributed by atoms with Crippen molar-refractivity contribution in [2.24, 2.45) is 0 Å². The Hall–Kier alpha value is -5.75. The summed E-state index contributed by atoms with van der Waals surface area (Å²) in [6.45, 7) is 15.6. The van der Waals surface area contributed by atoms with E-state index in [4.69, 9.17) is 19.1 Å². The number of halogens is 3. The fraction of sp³-hybridized carbons (Fsp3) is 0.440. The lowest BCUT2D eigenvalue weighted by Crippen LogP contribution is -2.53. The van der Waals surface area contributed by atoms with Gasteiger partial charge in [-0.1, -0.05) is 19.9 Å². The van der Waals surface area contributed by atoms with Gasteiger partial charge in [0.1, 0.15) is 36.1 Å². The van der Waals surface area contributed by atoms with Gasteiger partial charge in [0.2, 0.25) is 17.8 Å². The molecule has 0 saturated carbocycles. The standard InChI is InChI=1S/C50H58BrF2N10O6P/c1-6-29-25-39(57-49-54-28-34(51)47(59-49)56-38-12-11-37-33(46(38)70(4,5)67)10-9-30(7-2)55-37)42(68-8-3)27-41(29)62-19-15-31(16-20-62)61-23-21-60(22-24-61)18-17-32-35(52)26-36(53)44-45(32)69-50(66)63(44)40-13-14-43(64)58-48(40)65/h9-12,25-28,31,40H,6-8,13-24H2,1-5H3,(H,58,64,65)(H2,54,56,57,59). The van der Waals surface area contributed by atoms with Gasteiger partial charge in [-0.3, -0.25) is 29.4 Å². The predicted molar refractivity (Wildman–Crippen MR) is 272 cm³/mol. The number of carbonyl (C=O) groups excluding carboxylic acids is 2. The van der Waals surface area contributed by atoms with E-state index in [1.54, 1.807) is 19.5 Å². The number of hydrogen-bond donors (Lipinski definition) is 3. The van der Waals surface area contributed by atoms with Crippen LogP contribution in [0.1, 0.15) is 69.3 Å². The number of oxazole rings is 1. The Morgan fingerprint density at radius 3 is 2.37 bits per heavy atom. The maximum Gasteiger partial charge on any atom is 0.420 e. The third kappa shape index (κ3) is 10.1. The molecule has 6 aromatic rings. The molecule has 16 nitrogen and oxygen atoms in total. The van der Waals surface area contributed by atoms with Crippen LogP contribution in [0, 0.1) is 11.6 Å². The van der Waals surface area contributed by atoms with Crippen molar-refractivity contribution < 1.29 is 32.1 Å². The molecule has 20 heteroatoms. The minimum atomic E-state index is -2.77. The summed E-state index contributed by atoms with van der Waals surface area (Å²) in [6, 6.07) is 12.1. The molecule has 3 aromatic heterocycles. The Kier molecular flexibility index (Phi) is 14.4. The van der Waals surface area contributed by atoms with E-state index in [9.17, 15) is 18.9 Å². The number of pyridine rings is 1. The number of hydrogen-bond acceptors (Lipinski definition) is 14. The molecular weight excluding hydrogens is 985 g/mol. The number of piperazine rings is 1. The minimum absolute atomic E-state index is 0.0107. The summed E-state index contributed by atoms with van der Waals surface area (Å²) >= 11 is 3.62. The first kappa shape index (κ1) is 49.2. The average molecular weight is 1040 g/mol. The van der Waals surface area contributed by atoms with E-state index in [0.717, 1.165) is 109 Å². The first-order chi connectivity index (χ1) is 33.6. The first-order valence-corrected chi connectivity index (χ1v) is 27.4. The van der Waals surface area contributed by atoms with Crippen molar-refractivity contribution in [3.8, 4) is 5.75 Å². The van der Waals surface area contributed by atoms with E-state index in [0.29, 0.717) is 52.2 Å². The molecular formula is C50H58BrF2N10O6P. The molecule has 2 amide bonds. The Morgan fingerprint density at radius 2 is 1.67 bits per heavy atom. The van der Waals surface area contributed by atoms with Crippen molar-refractivity contribution in [2.45, 2.75) is 77.8 Å². The van der Waals surface area contributed by atoms with Gasteiger partial charge in [-0.15, -0.1) is 0 Å². The smallest absolute Gasteiger partial charge is 0.420 e. The molecule has 1 atom stereocenters. The number of ether oxygens (including phenoxy) is 1. The zero-order chi connectivity index (χ0) is 49.4. The van der Waals surface area contributed by atoms with E-state index in [1.807, 2.05) is 31.2 Å². The van der Waals surface area contributed by atoms with E-state index in [2.05, 4.69) is 77.5 Å². The van der Waals surface area contributed by atoms with E-state index < -0.39 is 42.4 Å². The van der Waals surface area contributed by atoms with Gasteiger partial charge in [0.15, 0.2) is 11.4 Å². The molecule has 3 aliphatic heterocycles. The van der Waals surface area contributed by atoms with Crippen LogP contribution < -0.4 is 36.6 Å². The highest BCUT2D eigenvalue weighted by Crippen LogP contribution is 2.43. The molecule has 3 fully saturated rings. The zero-order valence-electron chi connectivity index (χ0n) is 40.0. The van der Waals surface area contributed by atoms with Crippen LogP contribution in [-0.4, -0.2) is 113 Å². The number of benzene rings is 3. The topological polar surface area (TPSA) is 180 Å². The number of aryl methyl sites for hydroxylation is 2. The lowest BCUT2D eigenvalue weighted by atomic mass is 9.99. The normalized spacial score (nSPS) is 17.7. The van der Waals surface area contributed by atoms with Gasteiger partial charge < -0.3 is 34.2 Å².